The van der Waals surface area contributed by atoms with Crippen LogP contribution in [0.1, 0.15) is 12.8 Å². The number of nitrogens with two attached hydrogens (primary N) is 1. The van der Waals surface area contributed by atoms with Crippen LogP contribution in [0, 0.1) is 0 Å². The maximum absolute atomic E-state index is 5.82. The van der Waals surface area contributed by atoms with E-state index in [0.717, 1.165) is 25.1 Å². The molecule has 0 aliphatic carbocycles. The summed E-state index contributed by atoms with van der Waals surface area (Å²) in [4.78, 5) is 4.39. The van der Waals surface area contributed by atoms with E-state index in [9.17, 15) is 0 Å². The predicted molar refractivity (Wildman–Crippen MR) is 65.5 cm³/mol. The molecule has 1 atom stereocenters. The summed E-state index contributed by atoms with van der Waals surface area (Å²) in [5.74, 6) is 0.460. The van der Waals surface area contributed by atoms with Gasteiger partial charge in [0.15, 0.2) is 5.96 Å². The number of anilines is 1. The summed E-state index contributed by atoms with van der Waals surface area (Å²) >= 11 is 0. The van der Waals surface area contributed by atoms with Gasteiger partial charge in [0.2, 0.25) is 0 Å². The van der Waals surface area contributed by atoms with Crippen LogP contribution in [0.4, 0.5) is 5.69 Å². The van der Waals surface area contributed by atoms with Crippen molar-refractivity contribution in [3.63, 3.8) is 0 Å². The summed E-state index contributed by atoms with van der Waals surface area (Å²) in [6.45, 7) is 1.52. The van der Waals surface area contributed by atoms with E-state index in [4.69, 9.17) is 10.5 Å². The Balaban J connectivity index is 1.91. The van der Waals surface area contributed by atoms with Gasteiger partial charge >= 0.3 is 0 Å². The van der Waals surface area contributed by atoms with Crippen molar-refractivity contribution in [2.45, 2.75) is 18.9 Å². The molecule has 4 heteroatoms. The van der Waals surface area contributed by atoms with Crippen LogP contribution >= 0.6 is 0 Å². The second-order valence-corrected chi connectivity index (χ2v) is 3.88. The van der Waals surface area contributed by atoms with Gasteiger partial charge in [-0.25, -0.2) is 4.99 Å². The number of benzene rings is 1. The Morgan fingerprint density at radius 3 is 2.88 bits per heavy atom. The van der Waals surface area contributed by atoms with Gasteiger partial charge in [0.1, 0.15) is 0 Å². The highest BCUT2D eigenvalue weighted by atomic mass is 16.5. The standard InChI is InChI=1S/C12H17N3O/c13-12(14-10-5-2-1-3-6-10)15-11-7-4-8-16-9-11/h1-3,5-6,11H,4,7-9H2,(H3,13,14,15). The zero-order chi connectivity index (χ0) is 11.2. The van der Waals surface area contributed by atoms with Gasteiger partial charge < -0.3 is 15.8 Å². The van der Waals surface area contributed by atoms with Crippen molar-refractivity contribution in [3.8, 4) is 0 Å². The summed E-state index contributed by atoms with van der Waals surface area (Å²) in [6.07, 6.45) is 2.12. The minimum Gasteiger partial charge on any atom is -0.379 e. The van der Waals surface area contributed by atoms with Crippen LogP contribution in [0.25, 0.3) is 0 Å². The normalized spacial score (nSPS) is 21.8. The molecule has 1 aromatic carbocycles. The molecule has 0 aromatic heterocycles. The van der Waals surface area contributed by atoms with Gasteiger partial charge in [-0.05, 0) is 25.0 Å². The number of nitrogens with zero attached hydrogens (tertiary/aromatic N) is 1. The molecule has 4 nitrogen and oxygen atoms in total. The van der Waals surface area contributed by atoms with Gasteiger partial charge in [-0.15, -0.1) is 0 Å². The first-order chi connectivity index (χ1) is 7.84. The number of para-hydroxylation sites is 1. The third kappa shape index (κ3) is 3.24. The molecule has 86 valence electrons. The number of nitrogens with one attached hydrogen (secondary N) is 1. The van der Waals surface area contributed by atoms with Crippen molar-refractivity contribution < 1.29 is 4.74 Å². The van der Waals surface area contributed by atoms with Gasteiger partial charge in [0.05, 0.1) is 12.6 Å². The van der Waals surface area contributed by atoms with Gasteiger partial charge in [-0.2, -0.15) is 0 Å². The molecule has 0 saturated carbocycles. The Hall–Kier alpha value is -1.55. The Morgan fingerprint density at radius 1 is 1.38 bits per heavy atom. The highest BCUT2D eigenvalue weighted by Gasteiger charge is 2.12. The molecule has 1 heterocycles. The second kappa shape index (κ2) is 5.51. The monoisotopic (exact) mass is 219 g/mol. The number of rotatable bonds is 2. The van der Waals surface area contributed by atoms with Crippen molar-refractivity contribution in [2.24, 2.45) is 10.7 Å². The first-order valence-corrected chi connectivity index (χ1v) is 5.58. The molecule has 1 saturated heterocycles. The van der Waals surface area contributed by atoms with E-state index in [1.807, 2.05) is 30.3 Å². The minimum atomic E-state index is 0.199. The average Bonchev–Trinajstić information content (AvgIpc) is 2.31. The van der Waals surface area contributed by atoms with E-state index in [2.05, 4.69) is 10.3 Å². The lowest BCUT2D eigenvalue weighted by atomic mass is 10.1. The van der Waals surface area contributed by atoms with Crippen molar-refractivity contribution >= 4 is 11.6 Å². The Kier molecular flexibility index (Phi) is 3.77. The molecule has 16 heavy (non-hydrogen) atoms. The molecule has 0 radical (unpaired) electrons. The second-order valence-electron chi connectivity index (χ2n) is 3.88. The summed E-state index contributed by atoms with van der Waals surface area (Å²) in [5, 5.41) is 3.06. The smallest absolute Gasteiger partial charge is 0.193 e. The third-order valence-electron chi connectivity index (χ3n) is 2.50. The van der Waals surface area contributed by atoms with Crippen LogP contribution in [-0.2, 0) is 4.74 Å². The summed E-state index contributed by atoms with van der Waals surface area (Å²) in [7, 11) is 0. The van der Waals surface area contributed by atoms with Crippen molar-refractivity contribution in [3.05, 3.63) is 30.3 Å². The first kappa shape index (κ1) is 11.0. The number of aliphatic imine (C=N–C) groups is 1. The van der Waals surface area contributed by atoms with Crippen LogP contribution in [0.5, 0.6) is 0 Å². The fourth-order valence-corrected chi connectivity index (χ4v) is 1.72. The van der Waals surface area contributed by atoms with E-state index in [1.54, 1.807) is 0 Å². The van der Waals surface area contributed by atoms with Crippen LogP contribution in [0.2, 0.25) is 0 Å². The van der Waals surface area contributed by atoms with Gasteiger partial charge in [-0.1, -0.05) is 18.2 Å². The zero-order valence-electron chi connectivity index (χ0n) is 9.23. The number of hydrogen-bond donors (Lipinski definition) is 2. The predicted octanol–water partition coefficient (Wildman–Crippen LogP) is 1.59. The fourth-order valence-electron chi connectivity index (χ4n) is 1.72. The van der Waals surface area contributed by atoms with E-state index < -0.39 is 0 Å². The maximum Gasteiger partial charge on any atom is 0.193 e. The topological polar surface area (TPSA) is 59.6 Å². The number of ether oxygens (including phenoxy) is 1. The largest absolute Gasteiger partial charge is 0.379 e. The molecule has 1 aliphatic heterocycles. The molecule has 1 fully saturated rings. The van der Waals surface area contributed by atoms with Gasteiger partial charge in [-0.3, -0.25) is 0 Å². The van der Waals surface area contributed by atoms with Crippen molar-refractivity contribution in [1.82, 2.24) is 0 Å². The van der Waals surface area contributed by atoms with Gasteiger partial charge in [0, 0.05) is 12.3 Å². The molecule has 0 spiro atoms. The molecule has 2 rings (SSSR count). The Bertz CT molecular complexity index is 345. The lowest BCUT2D eigenvalue weighted by molar-refractivity contribution is 0.0828. The maximum atomic E-state index is 5.82. The third-order valence-corrected chi connectivity index (χ3v) is 2.50. The Morgan fingerprint density at radius 2 is 2.19 bits per heavy atom. The van der Waals surface area contributed by atoms with E-state index in [1.165, 1.54) is 0 Å². The number of hydrogen-bond acceptors (Lipinski definition) is 2. The molecular formula is C12H17N3O. The molecule has 3 N–H and O–H groups in total. The Labute approximate surface area is 95.5 Å². The van der Waals surface area contributed by atoms with E-state index in [-0.39, 0.29) is 6.04 Å². The lowest BCUT2D eigenvalue weighted by Gasteiger charge is -2.19. The van der Waals surface area contributed by atoms with E-state index >= 15 is 0 Å². The van der Waals surface area contributed by atoms with Crippen molar-refractivity contribution in [2.75, 3.05) is 18.5 Å². The number of guanidine groups is 1. The summed E-state index contributed by atoms with van der Waals surface area (Å²) in [6, 6.07) is 10.00. The lowest BCUT2D eigenvalue weighted by Crippen LogP contribution is -2.28. The average molecular weight is 219 g/mol. The highest BCUT2D eigenvalue weighted by molar-refractivity contribution is 5.92. The zero-order valence-corrected chi connectivity index (χ0v) is 9.23. The molecule has 1 unspecified atom stereocenters. The summed E-state index contributed by atoms with van der Waals surface area (Å²) < 4.78 is 5.34. The SMILES string of the molecule is NC(=NC1CCCOC1)Nc1ccccc1. The minimum absolute atomic E-state index is 0.199. The summed E-state index contributed by atoms with van der Waals surface area (Å²) in [5.41, 5.74) is 6.78. The quantitative estimate of drug-likeness (QED) is 0.586. The molecule has 0 amide bonds. The molecule has 0 bridgehead atoms. The molecular weight excluding hydrogens is 202 g/mol. The molecule has 1 aliphatic rings. The van der Waals surface area contributed by atoms with Crippen LogP contribution in [0.15, 0.2) is 35.3 Å². The van der Waals surface area contributed by atoms with E-state index in [0.29, 0.717) is 12.6 Å². The van der Waals surface area contributed by atoms with Gasteiger partial charge in [0.25, 0.3) is 0 Å². The fraction of sp³-hybridized carbons (Fsp3) is 0.417. The highest BCUT2D eigenvalue weighted by Crippen LogP contribution is 2.10. The van der Waals surface area contributed by atoms with Crippen LogP contribution < -0.4 is 11.1 Å². The van der Waals surface area contributed by atoms with Crippen LogP contribution in [-0.4, -0.2) is 25.2 Å². The van der Waals surface area contributed by atoms with Crippen LogP contribution in [0.3, 0.4) is 0 Å². The van der Waals surface area contributed by atoms with Crippen molar-refractivity contribution in [1.29, 1.82) is 0 Å². The first-order valence-electron chi connectivity index (χ1n) is 5.58. The molecule has 1 aromatic rings.